The van der Waals surface area contributed by atoms with Crippen LogP contribution in [0.2, 0.25) is 0 Å². The topological polar surface area (TPSA) is 60.5 Å². The highest BCUT2D eigenvalue weighted by molar-refractivity contribution is 9.09. The molecule has 1 atom stereocenters. The van der Waals surface area contributed by atoms with Crippen molar-refractivity contribution < 1.29 is 8.78 Å². The molecule has 0 fully saturated rings. The average molecular weight is 500 g/mol. The summed E-state index contributed by atoms with van der Waals surface area (Å²) in [6, 6.07) is 9.05. The highest BCUT2D eigenvalue weighted by Gasteiger charge is 2.21. The molecule has 0 spiro atoms. The van der Waals surface area contributed by atoms with E-state index in [0.717, 1.165) is 17.5 Å². The number of rotatable bonds is 5. The molecule has 164 valence electrons. The summed E-state index contributed by atoms with van der Waals surface area (Å²) in [5.74, 6) is -0.434. The minimum absolute atomic E-state index is 0.307. The van der Waals surface area contributed by atoms with E-state index in [1.807, 2.05) is 28.6 Å². The number of benzene rings is 2. The van der Waals surface area contributed by atoms with Crippen LogP contribution >= 0.6 is 15.9 Å². The number of aromatic amines is 1. The summed E-state index contributed by atoms with van der Waals surface area (Å²) in [5.41, 5.74) is 2.29. The van der Waals surface area contributed by atoms with Crippen LogP contribution in [0, 0.1) is 11.6 Å². The molecular weight excluding hydrogens is 480 g/mol. The zero-order chi connectivity index (χ0) is 22.6. The molecule has 5 aromatic rings. The van der Waals surface area contributed by atoms with E-state index in [0.29, 0.717) is 39.2 Å². The number of hydrogen-bond acceptors (Lipinski definition) is 2. The Labute approximate surface area is 190 Å². The van der Waals surface area contributed by atoms with Gasteiger partial charge in [-0.1, -0.05) is 22.9 Å². The van der Waals surface area contributed by atoms with E-state index in [9.17, 15) is 13.6 Å². The Balaban J connectivity index is 1.77. The smallest absolute Gasteiger partial charge is 0.348 e. The number of nitrogens with zero attached hydrogens (tertiary/aromatic N) is 4. The van der Waals surface area contributed by atoms with Gasteiger partial charge in [-0.05, 0) is 42.8 Å². The first kappa shape index (κ1) is 20.7. The fourth-order valence-electron chi connectivity index (χ4n) is 4.17. The Kier molecular flexibility index (Phi) is 5.00. The van der Waals surface area contributed by atoms with Crippen molar-refractivity contribution in [1.82, 2.24) is 23.9 Å². The van der Waals surface area contributed by atoms with Crippen molar-refractivity contribution in [2.24, 2.45) is 7.05 Å². The minimum atomic E-state index is -0.453. The Morgan fingerprint density at radius 1 is 1.06 bits per heavy atom. The van der Waals surface area contributed by atoms with E-state index in [1.54, 1.807) is 12.1 Å². The molecule has 0 aliphatic rings. The summed E-state index contributed by atoms with van der Waals surface area (Å²) >= 11 is 3.56. The summed E-state index contributed by atoms with van der Waals surface area (Å²) in [4.78, 5) is 13.2. The van der Waals surface area contributed by atoms with Gasteiger partial charge in [0.25, 0.3) is 0 Å². The number of fused-ring (bicyclic) bond motifs is 2. The van der Waals surface area contributed by atoms with Gasteiger partial charge in [-0.25, -0.2) is 23.2 Å². The van der Waals surface area contributed by atoms with E-state index in [4.69, 9.17) is 0 Å². The molecule has 3 aromatic heterocycles. The van der Waals surface area contributed by atoms with E-state index in [-0.39, 0.29) is 5.82 Å². The third-order valence-electron chi connectivity index (χ3n) is 5.70. The molecule has 0 bridgehead atoms. The zero-order valence-corrected chi connectivity index (χ0v) is 19.0. The lowest BCUT2D eigenvalue weighted by molar-refractivity contribution is 0.628. The first-order valence-electron chi connectivity index (χ1n) is 10.2. The molecule has 32 heavy (non-hydrogen) atoms. The lowest BCUT2D eigenvalue weighted by atomic mass is 10.1. The van der Waals surface area contributed by atoms with Crippen molar-refractivity contribution in [3.8, 4) is 17.1 Å². The second-order valence-corrected chi connectivity index (χ2v) is 9.50. The fraction of sp³-hybridized carbons (Fsp3) is 0.217. The molecule has 3 heterocycles. The molecule has 0 saturated heterocycles. The quantitative estimate of drug-likeness (QED) is 0.341. The van der Waals surface area contributed by atoms with E-state index in [1.165, 1.54) is 28.8 Å². The number of alkyl halides is 1. The average Bonchev–Trinajstić information content (AvgIpc) is 3.39. The van der Waals surface area contributed by atoms with Crippen LogP contribution in [0.15, 0.2) is 53.6 Å². The van der Waals surface area contributed by atoms with Gasteiger partial charge in [-0.3, -0.25) is 0 Å². The lowest BCUT2D eigenvalue weighted by Gasteiger charge is -2.06. The van der Waals surface area contributed by atoms with Crippen LogP contribution in [0.25, 0.3) is 38.9 Å². The van der Waals surface area contributed by atoms with Crippen molar-refractivity contribution in [1.29, 1.82) is 0 Å². The molecule has 0 aliphatic carbocycles. The van der Waals surface area contributed by atoms with Gasteiger partial charge in [0.15, 0.2) is 5.82 Å². The number of H-pyrrole nitrogens is 1. The molecule has 9 heteroatoms. The van der Waals surface area contributed by atoms with Crippen LogP contribution in [0.3, 0.4) is 0 Å². The van der Waals surface area contributed by atoms with Crippen LogP contribution in [-0.4, -0.2) is 28.7 Å². The SMILES string of the molecule is CC(Br)CCn1cc(-n2c(-c3cn(C)c4ccc(F)cc34)n[nH]c2=O)c2cc(F)ccc21. The van der Waals surface area contributed by atoms with Gasteiger partial charge in [0.1, 0.15) is 11.6 Å². The summed E-state index contributed by atoms with van der Waals surface area (Å²) in [5, 5.41) is 7.99. The summed E-state index contributed by atoms with van der Waals surface area (Å²) in [6.07, 6.45) is 4.50. The van der Waals surface area contributed by atoms with Gasteiger partial charge >= 0.3 is 5.69 Å². The second kappa shape index (κ2) is 7.74. The molecule has 0 amide bonds. The van der Waals surface area contributed by atoms with Gasteiger partial charge in [-0.2, -0.15) is 5.10 Å². The fourth-order valence-corrected chi connectivity index (χ4v) is 4.38. The van der Waals surface area contributed by atoms with Gasteiger partial charge in [0.05, 0.1) is 11.2 Å². The van der Waals surface area contributed by atoms with Crippen molar-refractivity contribution in [2.45, 2.75) is 24.7 Å². The molecule has 0 radical (unpaired) electrons. The minimum Gasteiger partial charge on any atom is -0.350 e. The Hall–Kier alpha value is -3.20. The normalized spacial score (nSPS) is 12.8. The van der Waals surface area contributed by atoms with Crippen molar-refractivity contribution in [3.05, 3.63) is 70.9 Å². The molecule has 6 nitrogen and oxygen atoms in total. The highest BCUT2D eigenvalue weighted by atomic mass is 79.9. The standard InChI is InChI=1S/C23H20BrF2N5O/c1-13(24)7-8-30-12-21(17-10-15(26)4-6-20(17)30)31-22(27-28-23(31)32)18-11-29(2)19-5-3-14(25)9-16(18)19/h3-6,9-13H,7-8H2,1-2H3,(H,28,32). The molecule has 2 aromatic carbocycles. The number of aromatic nitrogens is 5. The van der Waals surface area contributed by atoms with E-state index >= 15 is 0 Å². The summed E-state index contributed by atoms with van der Waals surface area (Å²) in [6.45, 7) is 2.75. The Morgan fingerprint density at radius 3 is 2.47 bits per heavy atom. The van der Waals surface area contributed by atoms with Crippen LogP contribution in [0.4, 0.5) is 8.78 Å². The first-order chi connectivity index (χ1) is 15.3. The first-order valence-corrected chi connectivity index (χ1v) is 11.1. The largest absolute Gasteiger partial charge is 0.350 e. The Bertz CT molecular complexity index is 1520. The predicted octanol–water partition coefficient (Wildman–Crippen LogP) is 5.13. The third kappa shape index (κ3) is 3.37. The number of nitrogens with one attached hydrogen (secondary N) is 1. The van der Waals surface area contributed by atoms with Crippen LogP contribution in [-0.2, 0) is 13.6 Å². The highest BCUT2D eigenvalue weighted by Crippen LogP contribution is 2.33. The van der Waals surface area contributed by atoms with Crippen molar-refractivity contribution in [3.63, 3.8) is 0 Å². The number of hydrogen-bond donors (Lipinski definition) is 1. The molecule has 1 N–H and O–H groups in total. The van der Waals surface area contributed by atoms with Gasteiger partial charge in [-0.15, -0.1) is 0 Å². The summed E-state index contributed by atoms with van der Waals surface area (Å²) < 4.78 is 33.5. The van der Waals surface area contributed by atoms with Crippen LogP contribution < -0.4 is 5.69 Å². The van der Waals surface area contributed by atoms with E-state index in [2.05, 4.69) is 33.1 Å². The molecule has 1 unspecified atom stereocenters. The molecule has 0 saturated carbocycles. The van der Waals surface area contributed by atoms with Gasteiger partial charge in [0.2, 0.25) is 0 Å². The van der Waals surface area contributed by atoms with Crippen molar-refractivity contribution in [2.75, 3.05) is 0 Å². The predicted molar refractivity (Wildman–Crippen MR) is 125 cm³/mol. The monoisotopic (exact) mass is 499 g/mol. The zero-order valence-electron chi connectivity index (χ0n) is 17.4. The van der Waals surface area contributed by atoms with Gasteiger partial charge in [0, 0.05) is 52.7 Å². The Morgan fingerprint density at radius 2 is 1.75 bits per heavy atom. The maximum absolute atomic E-state index is 14.2. The molecule has 0 aliphatic heterocycles. The summed E-state index contributed by atoms with van der Waals surface area (Å²) in [7, 11) is 1.85. The van der Waals surface area contributed by atoms with Crippen LogP contribution in [0.1, 0.15) is 13.3 Å². The van der Waals surface area contributed by atoms with Gasteiger partial charge < -0.3 is 9.13 Å². The van der Waals surface area contributed by atoms with Crippen LogP contribution in [0.5, 0.6) is 0 Å². The maximum Gasteiger partial charge on any atom is 0.348 e. The second-order valence-electron chi connectivity index (χ2n) is 7.94. The molecular formula is C23H20BrF2N5O. The maximum atomic E-state index is 14.2. The number of halogens is 3. The number of aryl methyl sites for hydroxylation is 2. The molecule has 5 rings (SSSR count). The van der Waals surface area contributed by atoms with Crippen molar-refractivity contribution >= 4 is 37.7 Å². The lowest BCUT2D eigenvalue weighted by Crippen LogP contribution is -2.15. The van der Waals surface area contributed by atoms with E-state index < -0.39 is 11.5 Å². The third-order valence-corrected chi connectivity index (χ3v) is 6.15.